The molecule has 3 heterocycles. The van der Waals surface area contributed by atoms with E-state index in [0.717, 1.165) is 41.7 Å². The van der Waals surface area contributed by atoms with Crippen LogP contribution in [0.15, 0.2) is 40.5 Å². The van der Waals surface area contributed by atoms with Gasteiger partial charge in [0.15, 0.2) is 5.82 Å². The van der Waals surface area contributed by atoms with Crippen molar-refractivity contribution in [3.63, 3.8) is 0 Å². The molecule has 0 amide bonds. The topological polar surface area (TPSA) is 79.7 Å². The Hall–Kier alpha value is -2.84. The van der Waals surface area contributed by atoms with E-state index in [0.29, 0.717) is 6.54 Å². The second-order valence-electron chi connectivity index (χ2n) is 9.67. The molecule has 0 aliphatic carbocycles. The smallest absolute Gasteiger partial charge is 0.252 e. The zero-order valence-electron chi connectivity index (χ0n) is 20.9. The van der Waals surface area contributed by atoms with Crippen molar-refractivity contribution >= 4 is 22.2 Å². The third kappa shape index (κ3) is 4.83. The fourth-order valence-corrected chi connectivity index (χ4v) is 5.05. The molecule has 4 aromatic rings. The summed E-state index contributed by atoms with van der Waals surface area (Å²) >= 11 is 1.73. The van der Waals surface area contributed by atoms with Gasteiger partial charge in [-0.2, -0.15) is 0 Å². The lowest BCUT2D eigenvalue weighted by Gasteiger charge is -2.32. The zero-order chi connectivity index (χ0) is 24.5. The molecule has 8 heteroatoms. The van der Waals surface area contributed by atoms with Crippen molar-refractivity contribution in [1.29, 1.82) is 0 Å². The van der Waals surface area contributed by atoms with E-state index >= 15 is 0 Å². The molecule has 0 aliphatic rings. The van der Waals surface area contributed by atoms with E-state index in [1.54, 1.807) is 11.3 Å². The van der Waals surface area contributed by atoms with Gasteiger partial charge in [-0.05, 0) is 97.1 Å². The van der Waals surface area contributed by atoms with E-state index in [-0.39, 0.29) is 17.1 Å². The Kier molecular flexibility index (Phi) is 7.00. The fraction of sp³-hybridized carbons (Fsp3) is 0.462. The molecule has 0 saturated heterocycles. The van der Waals surface area contributed by atoms with Gasteiger partial charge in [0.25, 0.3) is 5.56 Å². The van der Waals surface area contributed by atoms with Gasteiger partial charge in [-0.3, -0.25) is 9.69 Å². The molecule has 7 nitrogen and oxygen atoms in total. The van der Waals surface area contributed by atoms with Gasteiger partial charge in [-0.25, -0.2) is 4.68 Å². The van der Waals surface area contributed by atoms with Crippen molar-refractivity contribution < 1.29 is 0 Å². The number of fused-ring (bicyclic) bond motifs is 1. The number of aryl methyl sites for hydroxylation is 2. The second kappa shape index (κ2) is 9.80. The van der Waals surface area contributed by atoms with Gasteiger partial charge in [0.05, 0.1) is 11.6 Å². The van der Waals surface area contributed by atoms with Crippen molar-refractivity contribution in [1.82, 2.24) is 30.1 Å². The maximum Gasteiger partial charge on any atom is 0.252 e. The van der Waals surface area contributed by atoms with Crippen molar-refractivity contribution in [2.45, 2.75) is 79.1 Å². The number of rotatable bonds is 9. The van der Waals surface area contributed by atoms with Crippen LogP contribution in [-0.2, 0) is 18.6 Å². The lowest BCUT2D eigenvalue weighted by molar-refractivity contribution is 0.152. The van der Waals surface area contributed by atoms with E-state index < -0.39 is 0 Å². The minimum absolute atomic E-state index is 0.0298. The molecule has 0 fully saturated rings. The van der Waals surface area contributed by atoms with Crippen LogP contribution in [0.5, 0.6) is 0 Å². The van der Waals surface area contributed by atoms with E-state index in [1.807, 2.05) is 10.7 Å². The maximum atomic E-state index is 13.1. The monoisotopic (exact) mass is 478 g/mol. The lowest BCUT2D eigenvalue weighted by Crippen LogP contribution is -2.36. The average Bonchev–Trinajstić information content (AvgIpc) is 3.49. The Morgan fingerprint density at radius 3 is 2.59 bits per heavy atom. The molecule has 1 N–H and O–H groups in total. The van der Waals surface area contributed by atoms with Crippen LogP contribution in [0.1, 0.15) is 74.0 Å². The summed E-state index contributed by atoms with van der Waals surface area (Å²) in [4.78, 5) is 19.8. The number of pyridine rings is 1. The van der Waals surface area contributed by atoms with E-state index in [1.165, 1.54) is 16.0 Å². The van der Waals surface area contributed by atoms with Crippen LogP contribution < -0.4 is 5.56 Å². The van der Waals surface area contributed by atoms with E-state index in [4.69, 9.17) is 0 Å². The van der Waals surface area contributed by atoms with Crippen LogP contribution in [0, 0.1) is 13.8 Å². The van der Waals surface area contributed by atoms with E-state index in [9.17, 15) is 4.79 Å². The summed E-state index contributed by atoms with van der Waals surface area (Å²) < 4.78 is 1.96. The molecule has 1 atom stereocenters. The van der Waals surface area contributed by atoms with Crippen LogP contribution in [0.3, 0.4) is 0 Å². The number of nitrogens with zero attached hydrogens (tertiary/aromatic N) is 5. The summed E-state index contributed by atoms with van der Waals surface area (Å²) in [6.07, 6.45) is 1.74. The first-order valence-electron chi connectivity index (χ1n) is 11.9. The first-order chi connectivity index (χ1) is 16.2. The van der Waals surface area contributed by atoms with Crippen LogP contribution in [0.4, 0.5) is 0 Å². The Morgan fingerprint density at radius 1 is 1.15 bits per heavy atom. The largest absolute Gasteiger partial charge is 0.322 e. The van der Waals surface area contributed by atoms with Crippen LogP contribution in [0.25, 0.3) is 10.9 Å². The molecule has 0 unspecified atom stereocenters. The van der Waals surface area contributed by atoms with Crippen molar-refractivity contribution in [3.05, 3.63) is 73.5 Å². The normalized spacial score (nSPS) is 13.1. The van der Waals surface area contributed by atoms with Crippen LogP contribution in [0.2, 0.25) is 0 Å². The molecule has 0 spiro atoms. The van der Waals surface area contributed by atoms with Gasteiger partial charge in [0.2, 0.25) is 0 Å². The SMILES string of the molecule is CC[C@@H](c1nnnn1C(C)(C)CC)N(Cc1cccs1)Cc1cc2cc(C)c(C)cc2[nH]c1=O. The maximum absolute atomic E-state index is 13.1. The molecular formula is C26H34N6OS. The minimum atomic E-state index is -0.198. The summed E-state index contributed by atoms with van der Waals surface area (Å²) in [6.45, 7) is 14.0. The van der Waals surface area contributed by atoms with E-state index in [2.05, 4.69) is 96.6 Å². The van der Waals surface area contributed by atoms with Crippen LogP contribution >= 0.6 is 11.3 Å². The molecule has 0 saturated carbocycles. The number of benzene rings is 1. The summed E-state index contributed by atoms with van der Waals surface area (Å²) in [5, 5.41) is 16.0. The summed E-state index contributed by atoms with van der Waals surface area (Å²) in [7, 11) is 0. The Balaban J connectivity index is 1.77. The number of nitrogens with one attached hydrogen (secondary N) is 1. The molecule has 34 heavy (non-hydrogen) atoms. The quantitative estimate of drug-likeness (QED) is 0.344. The highest BCUT2D eigenvalue weighted by molar-refractivity contribution is 7.09. The third-order valence-electron chi connectivity index (χ3n) is 6.91. The van der Waals surface area contributed by atoms with Gasteiger partial charge in [-0.15, -0.1) is 16.4 Å². The molecule has 0 radical (unpaired) electrons. The van der Waals surface area contributed by atoms with Gasteiger partial charge in [0.1, 0.15) is 0 Å². The third-order valence-corrected chi connectivity index (χ3v) is 7.77. The van der Waals surface area contributed by atoms with Gasteiger partial charge in [0, 0.05) is 29.0 Å². The number of aromatic amines is 1. The highest BCUT2D eigenvalue weighted by Gasteiger charge is 2.31. The predicted octanol–water partition coefficient (Wildman–Crippen LogP) is 5.49. The Bertz CT molecular complexity index is 1320. The van der Waals surface area contributed by atoms with Gasteiger partial charge < -0.3 is 4.98 Å². The second-order valence-corrected chi connectivity index (χ2v) is 10.7. The standard InChI is InChI=1S/C26H34N6OS/c1-7-23(24-28-29-30-32(24)26(5,6)8-2)31(16-21-10-9-11-34-21)15-20-14-19-12-17(3)18(4)13-22(19)27-25(20)33/h9-14,23H,7-8,15-16H2,1-6H3,(H,27,33)/t23-/m0/s1. The fourth-order valence-electron chi connectivity index (χ4n) is 4.32. The number of tetrazole rings is 1. The lowest BCUT2D eigenvalue weighted by atomic mass is 10.0. The summed E-state index contributed by atoms with van der Waals surface area (Å²) in [5.74, 6) is 0.842. The highest BCUT2D eigenvalue weighted by Crippen LogP contribution is 2.31. The number of aromatic nitrogens is 5. The first kappa shape index (κ1) is 24.3. The molecule has 0 bridgehead atoms. The van der Waals surface area contributed by atoms with Crippen molar-refractivity contribution in [2.75, 3.05) is 0 Å². The molecule has 4 rings (SSSR count). The summed E-state index contributed by atoms with van der Waals surface area (Å²) in [6, 6.07) is 10.4. The molecule has 3 aromatic heterocycles. The van der Waals surface area contributed by atoms with Crippen LogP contribution in [-0.4, -0.2) is 30.1 Å². The Labute approximate surface area is 204 Å². The van der Waals surface area contributed by atoms with Gasteiger partial charge in [-0.1, -0.05) is 19.9 Å². The number of hydrogen-bond donors (Lipinski definition) is 1. The molecule has 180 valence electrons. The predicted molar refractivity (Wildman–Crippen MR) is 138 cm³/mol. The molecular weight excluding hydrogens is 444 g/mol. The molecule has 1 aromatic carbocycles. The summed E-state index contributed by atoms with van der Waals surface area (Å²) in [5.41, 5.74) is 3.77. The first-order valence-corrected chi connectivity index (χ1v) is 12.8. The highest BCUT2D eigenvalue weighted by atomic mass is 32.1. The van der Waals surface area contributed by atoms with Crippen molar-refractivity contribution in [2.24, 2.45) is 0 Å². The molecule has 0 aliphatic heterocycles. The minimum Gasteiger partial charge on any atom is -0.322 e. The number of hydrogen-bond acceptors (Lipinski definition) is 6. The number of H-pyrrole nitrogens is 1. The average molecular weight is 479 g/mol. The Morgan fingerprint density at radius 2 is 1.91 bits per heavy atom. The number of thiophene rings is 1. The van der Waals surface area contributed by atoms with Crippen molar-refractivity contribution in [3.8, 4) is 0 Å². The zero-order valence-corrected chi connectivity index (χ0v) is 21.7. The van der Waals surface area contributed by atoms with Gasteiger partial charge >= 0.3 is 0 Å².